The second-order valence-electron chi connectivity index (χ2n) is 4.97. The van der Waals surface area contributed by atoms with Gasteiger partial charge in [0.2, 0.25) is 0 Å². The van der Waals surface area contributed by atoms with Crippen LogP contribution in [0, 0.1) is 6.92 Å². The van der Waals surface area contributed by atoms with Gasteiger partial charge in [-0.3, -0.25) is 10.3 Å². The van der Waals surface area contributed by atoms with Crippen LogP contribution in [0.5, 0.6) is 0 Å². The number of hydrogen-bond acceptors (Lipinski definition) is 2. The summed E-state index contributed by atoms with van der Waals surface area (Å²) < 4.78 is 0. The predicted octanol–water partition coefficient (Wildman–Crippen LogP) is 2.85. The van der Waals surface area contributed by atoms with Crippen molar-refractivity contribution >= 4 is 11.8 Å². The molecule has 1 heterocycles. The van der Waals surface area contributed by atoms with E-state index in [1.165, 1.54) is 0 Å². The molecule has 0 saturated heterocycles. The predicted molar refractivity (Wildman–Crippen MR) is 64.6 cm³/mol. The first kappa shape index (κ1) is 10.6. The summed E-state index contributed by atoms with van der Waals surface area (Å²) in [6.07, 6.45) is 4.38. The summed E-state index contributed by atoms with van der Waals surface area (Å²) in [4.78, 5) is 15.6. The van der Waals surface area contributed by atoms with Gasteiger partial charge in [-0.15, -0.1) is 0 Å². The SMILES string of the molecule is Cc1nc2c(c(NC(=O)O)c1C1CC1)CCC2. The van der Waals surface area contributed by atoms with Gasteiger partial charge < -0.3 is 5.11 Å². The number of amides is 1. The molecule has 1 fully saturated rings. The van der Waals surface area contributed by atoms with E-state index in [2.05, 4.69) is 10.3 Å². The standard InChI is InChI=1S/C13H16N2O2/c1-7-11(8-5-6-8)12(15-13(16)17)9-3-2-4-10(9)14-7/h8H,2-6H2,1H3,(H,14,15)(H,16,17). The Balaban J connectivity index is 2.15. The number of rotatable bonds is 2. The minimum absolute atomic E-state index is 0.523. The molecule has 0 unspecified atom stereocenters. The van der Waals surface area contributed by atoms with Crippen molar-refractivity contribution in [3.8, 4) is 0 Å². The molecule has 2 N–H and O–H groups in total. The molecule has 0 aliphatic heterocycles. The molecule has 0 spiro atoms. The topological polar surface area (TPSA) is 62.2 Å². The lowest BCUT2D eigenvalue weighted by Gasteiger charge is -2.16. The zero-order chi connectivity index (χ0) is 12.0. The zero-order valence-electron chi connectivity index (χ0n) is 9.92. The fraction of sp³-hybridized carbons (Fsp3) is 0.538. The van der Waals surface area contributed by atoms with Crippen molar-refractivity contribution in [3.05, 3.63) is 22.5 Å². The number of carbonyl (C=O) groups is 1. The minimum atomic E-state index is -0.966. The van der Waals surface area contributed by atoms with Gasteiger partial charge in [0, 0.05) is 17.0 Å². The van der Waals surface area contributed by atoms with E-state index in [-0.39, 0.29) is 0 Å². The third-order valence-electron chi connectivity index (χ3n) is 3.67. The van der Waals surface area contributed by atoms with E-state index in [1.54, 1.807) is 0 Å². The van der Waals surface area contributed by atoms with Crippen molar-refractivity contribution in [2.75, 3.05) is 5.32 Å². The highest BCUT2D eigenvalue weighted by Gasteiger charge is 2.32. The van der Waals surface area contributed by atoms with Crippen LogP contribution in [0.15, 0.2) is 0 Å². The van der Waals surface area contributed by atoms with Gasteiger partial charge in [0.25, 0.3) is 0 Å². The smallest absolute Gasteiger partial charge is 0.409 e. The Labute approximate surface area is 100 Å². The van der Waals surface area contributed by atoms with E-state index in [1.807, 2.05) is 6.92 Å². The van der Waals surface area contributed by atoms with Crippen LogP contribution in [-0.4, -0.2) is 16.2 Å². The number of aryl methyl sites for hydroxylation is 2. The lowest BCUT2D eigenvalue weighted by Crippen LogP contribution is -2.13. The van der Waals surface area contributed by atoms with Gasteiger partial charge >= 0.3 is 6.09 Å². The Kier molecular flexibility index (Phi) is 2.31. The van der Waals surface area contributed by atoms with Crippen LogP contribution in [0.2, 0.25) is 0 Å². The van der Waals surface area contributed by atoms with Crippen molar-refractivity contribution < 1.29 is 9.90 Å². The number of pyridine rings is 1. The molecule has 1 saturated carbocycles. The summed E-state index contributed by atoms with van der Waals surface area (Å²) in [5, 5.41) is 11.6. The molecule has 4 heteroatoms. The molecule has 0 bridgehead atoms. The van der Waals surface area contributed by atoms with Crippen molar-refractivity contribution in [2.24, 2.45) is 0 Å². The Morgan fingerprint density at radius 2 is 2.18 bits per heavy atom. The van der Waals surface area contributed by atoms with E-state index in [0.717, 1.165) is 60.3 Å². The average Bonchev–Trinajstić information content (AvgIpc) is 2.96. The van der Waals surface area contributed by atoms with Crippen LogP contribution < -0.4 is 5.32 Å². The minimum Gasteiger partial charge on any atom is -0.465 e. The molecule has 90 valence electrons. The van der Waals surface area contributed by atoms with Gasteiger partial charge in [0.15, 0.2) is 0 Å². The average molecular weight is 232 g/mol. The first-order valence-corrected chi connectivity index (χ1v) is 6.19. The van der Waals surface area contributed by atoms with Gasteiger partial charge in [0.1, 0.15) is 0 Å². The third kappa shape index (κ3) is 1.77. The van der Waals surface area contributed by atoms with E-state index in [0.29, 0.717) is 5.92 Å². The highest BCUT2D eigenvalue weighted by atomic mass is 16.4. The van der Waals surface area contributed by atoms with Crippen molar-refractivity contribution in [3.63, 3.8) is 0 Å². The summed E-state index contributed by atoms with van der Waals surface area (Å²) in [6, 6.07) is 0. The van der Waals surface area contributed by atoms with Gasteiger partial charge in [-0.25, -0.2) is 4.79 Å². The van der Waals surface area contributed by atoms with Crippen LogP contribution in [0.3, 0.4) is 0 Å². The van der Waals surface area contributed by atoms with Crippen molar-refractivity contribution in [2.45, 2.75) is 44.9 Å². The third-order valence-corrected chi connectivity index (χ3v) is 3.67. The number of carboxylic acid groups (broad SMARTS) is 1. The summed E-state index contributed by atoms with van der Waals surface area (Å²) >= 11 is 0. The highest BCUT2D eigenvalue weighted by Crippen LogP contribution is 2.47. The van der Waals surface area contributed by atoms with Gasteiger partial charge in [-0.1, -0.05) is 0 Å². The van der Waals surface area contributed by atoms with Gasteiger partial charge in [0.05, 0.1) is 5.69 Å². The molecule has 17 heavy (non-hydrogen) atoms. The van der Waals surface area contributed by atoms with Crippen molar-refractivity contribution in [1.29, 1.82) is 0 Å². The van der Waals surface area contributed by atoms with Crippen LogP contribution in [0.25, 0.3) is 0 Å². The molecule has 2 aliphatic rings. The second kappa shape index (κ2) is 3.72. The molecule has 3 rings (SSSR count). The Morgan fingerprint density at radius 1 is 1.41 bits per heavy atom. The monoisotopic (exact) mass is 232 g/mol. The van der Waals surface area contributed by atoms with Crippen molar-refractivity contribution in [1.82, 2.24) is 4.98 Å². The maximum Gasteiger partial charge on any atom is 0.409 e. The Bertz CT molecular complexity index is 493. The normalized spacial score (nSPS) is 17.9. The lowest BCUT2D eigenvalue weighted by molar-refractivity contribution is 0.209. The molecule has 1 aromatic rings. The number of anilines is 1. The fourth-order valence-corrected chi connectivity index (χ4v) is 2.85. The fourth-order valence-electron chi connectivity index (χ4n) is 2.85. The lowest BCUT2D eigenvalue weighted by atomic mass is 10.0. The van der Waals surface area contributed by atoms with E-state index in [4.69, 9.17) is 5.11 Å². The first-order chi connectivity index (χ1) is 8.16. The Hall–Kier alpha value is -1.58. The number of nitrogens with zero attached hydrogens (tertiary/aromatic N) is 1. The second-order valence-corrected chi connectivity index (χ2v) is 4.97. The molecule has 1 amide bonds. The number of fused-ring (bicyclic) bond motifs is 1. The molecule has 1 aromatic heterocycles. The summed E-state index contributed by atoms with van der Waals surface area (Å²) in [6.45, 7) is 2.00. The number of hydrogen-bond donors (Lipinski definition) is 2. The van der Waals surface area contributed by atoms with Gasteiger partial charge in [-0.2, -0.15) is 0 Å². The van der Waals surface area contributed by atoms with E-state index < -0.39 is 6.09 Å². The van der Waals surface area contributed by atoms with E-state index in [9.17, 15) is 4.79 Å². The van der Waals surface area contributed by atoms with E-state index >= 15 is 0 Å². The molecule has 2 aliphatic carbocycles. The largest absolute Gasteiger partial charge is 0.465 e. The zero-order valence-corrected chi connectivity index (χ0v) is 9.92. The number of nitrogens with one attached hydrogen (secondary N) is 1. The molecule has 4 nitrogen and oxygen atoms in total. The molecular formula is C13H16N2O2. The summed E-state index contributed by atoms with van der Waals surface area (Å²) in [5.74, 6) is 0.523. The maximum atomic E-state index is 10.9. The van der Waals surface area contributed by atoms with Gasteiger partial charge in [-0.05, 0) is 50.5 Å². The molecule has 0 aromatic carbocycles. The highest BCUT2D eigenvalue weighted by molar-refractivity contribution is 5.86. The Morgan fingerprint density at radius 3 is 2.82 bits per heavy atom. The van der Waals surface area contributed by atoms with Crippen LogP contribution in [-0.2, 0) is 12.8 Å². The quantitative estimate of drug-likeness (QED) is 0.824. The number of aromatic nitrogens is 1. The first-order valence-electron chi connectivity index (χ1n) is 6.19. The molecule has 0 atom stereocenters. The van der Waals surface area contributed by atoms with Crippen LogP contribution in [0.4, 0.5) is 10.5 Å². The van der Waals surface area contributed by atoms with Crippen LogP contribution >= 0.6 is 0 Å². The summed E-state index contributed by atoms with van der Waals surface area (Å²) in [7, 11) is 0. The molecular weight excluding hydrogens is 216 g/mol. The maximum absolute atomic E-state index is 10.9. The summed E-state index contributed by atoms with van der Waals surface area (Å²) in [5.41, 5.74) is 5.24. The van der Waals surface area contributed by atoms with Crippen LogP contribution in [0.1, 0.15) is 47.7 Å². The molecule has 0 radical (unpaired) electrons.